The van der Waals surface area contributed by atoms with Crippen LogP contribution >= 0.6 is 0 Å². The van der Waals surface area contributed by atoms with Crippen LogP contribution in [0.4, 0.5) is 0 Å². The van der Waals surface area contributed by atoms with E-state index >= 15 is 0 Å². The molecule has 152 valence electrons. The molecule has 6 aromatic rings. The molecular formula is C30H19BN2. The molecule has 0 saturated heterocycles. The third kappa shape index (κ3) is 2.51. The van der Waals surface area contributed by atoms with Crippen LogP contribution in [-0.4, -0.2) is 17.8 Å². The van der Waals surface area contributed by atoms with Crippen LogP contribution in [0.2, 0.25) is 0 Å². The molecule has 0 fully saturated rings. The zero-order valence-corrected chi connectivity index (χ0v) is 18.2. The molecule has 4 aromatic carbocycles. The molecule has 0 radical (unpaired) electrons. The molecule has 0 N–H and O–H groups in total. The van der Waals surface area contributed by atoms with Crippen molar-refractivity contribution in [1.29, 1.82) is 0 Å². The van der Waals surface area contributed by atoms with Crippen molar-refractivity contribution in [3.8, 4) is 44.5 Å². The van der Waals surface area contributed by atoms with E-state index < -0.39 is 0 Å². The zero-order valence-electron chi connectivity index (χ0n) is 18.2. The van der Waals surface area contributed by atoms with Crippen molar-refractivity contribution in [2.45, 2.75) is 0 Å². The third-order valence-electron chi connectivity index (χ3n) is 6.91. The fraction of sp³-hybridized carbons (Fsp3) is 0. The summed E-state index contributed by atoms with van der Waals surface area (Å²) in [6, 6.07) is 28.4. The van der Waals surface area contributed by atoms with Gasteiger partial charge in [0, 0.05) is 35.9 Å². The Balaban J connectivity index is 1.78. The van der Waals surface area contributed by atoms with Gasteiger partial charge in [-0.15, -0.1) is 0 Å². The SMILES string of the molecule is Bc1ccc2c3c(cccc13)-c1c-2c(-c2cccnc2)c2ccccc2c1-c1cccnc1. The number of hydrogen-bond donors (Lipinski definition) is 0. The summed E-state index contributed by atoms with van der Waals surface area (Å²) in [6.07, 6.45) is 7.66. The highest BCUT2D eigenvalue weighted by molar-refractivity contribution is 6.41. The van der Waals surface area contributed by atoms with Gasteiger partial charge >= 0.3 is 0 Å². The third-order valence-corrected chi connectivity index (χ3v) is 6.91. The minimum Gasteiger partial charge on any atom is -0.264 e. The molecule has 2 aromatic heterocycles. The first kappa shape index (κ1) is 18.3. The van der Waals surface area contributed by atoms with Crippen LogP contribution in [0.3, 0.4) is 0 Å². The molecule has 0 unspecified atom stereocenters. The highest BCUT2D eigenvalue weighted by Gasteiger charge is 2.30. The predicted molar refractivity (Wildman–Crippen MR) is 141 cm³/mol. The van der Waals surface area contributed by atoms with E-state index in [0.29, 0.717) is 0 Å². The summed E-state index contributed by atoms with van der Waals surface area (Å²) in [5.74, 6) is 0. The number of rotatable bonds is 2. The molecule has 2 nitrogen and oxygen atoms in total. The number of pyridine rings is 2. The van der Waals surface area contributed by atoms with Crippen molar-refractivity contribution in [2.24, 2.45) is 0 Å². The monoisotopic (exact) mass is 418 g/mol. The van der Waals surface area contributed by atoms with Gasteiger partial charge in [-0.1, -0.05) is 72.2 Å². The van der Waals surface area contributed by atoms with E-state index in [9.17, 15) is 0 Å². The smallest absolute Gasteiger partial charge is 0.140 e. The molecule has 1 aliphatic rings. The van der Waals surface area contributed by atoms with E-state index in [-0.39, 0.29) is 0 Å². The maximum absolute atomic E-state index is 4.48. The highest BCUT2D eigenvalue weighted by Crippen LogP contribution is 2.57. The number of hydrogen-bond acceptors (Lipinski definition) is 2. The Bertz CT molecular complexity index is 1620. The molecule has 0 amide bonds. The Labute approximate surface area is 193 Å². The topological polar surface area (TPSA) is 25.8 Å². The molecule has 0 saturated carbocycles. The fourth-order valence-electron chi connectivity index (χ4n) is 5.57. The largest absolute Gasteiger partial charge is 0.264 e. The van der Waals surface area contributed by atoms with Gasteiger partial charge in [0.2, 0.25) is 0 Å². The molecule has 7 rings (SSSR count). The van der Waals surface area contributed by atoms with E-state index in [2.05, 4.69) is 84.5 Å². The maximum atomic E-state index is 4.48. The molecular weight excluding hydrogens is 399 g/mol. The minimum atomic E-state index is 1.14. The van der Waals surface area contributed by atoms with Gasteiger partial charge in [0.15, 0.2) is 0 Å². The number of nitrogens with zero attached hydrogens (tertiary/aromatic N) is 2. The number of aromatic nitrogens is 2. The maximum Gasteiger partial charge on any atom is 0.140 e. The second kappa shape index (κ2) is 6.88. The molecule has 0 spiro atoms. The van der Waals surface area contributed by atoms with Crippen LogP contribution in [0.25, 0.3) is 66.1 Å². The van der Waals surface area contributed by atoms with Crippen LogP contribution in [0.15, 0.2) is 104 Å². The van der Waals surface area contributed by atoms with Gasteiger partial charge in [-0.3, -0.25) is 9.97 Å². The van der Waals surface area contributed by atoms with Crippen molar-refractivity contribution < 1.29 is 0 Å². The quantitative estimate of drug-likeness (QED) is 0.321. The van der Waals surface area contributed by atoms with E-state index in [4.69, 9.17) is 0 Å². The highest BCUT2D eigenvalue weighted by atomic mass is 14.6. The van der Waals surface area contributed by atoms with Gasteiger partial charge in [-0.05, 0) is 67.1 Å². The first-order valence-electron chi connectivity index (χ1n) is 11.3. The molecule has 0 atom stereocenters. The molecule has 1 aliphatic carbocycles. The first-order chi connectivity index (χ1) is 16.3. The van der Waals surface area contributed by atoms with Crippen molar-refractivity contribution in [3.63, 3.8) is 0 Å². The van der Waals surface area contributed by atoms with Crippen LogP contribution < -0.4 is 5.46 Å². The standard InChI is InChI=1S/C30H19BN2/c31-25-13-12-24-28-22(25)10-3-11-23(28)29-26(18-6-4-14-32-16-18)20-8-1-2-9-21(20)27(30(24)29)19-7-5-15-33-17-19/h1-17H,31H2. The van der Waals surface area contributed by atoms with Gasteiger partial charge in [0.05, 0.1) is 0 Å². The zero-order chi connectivity index (χ0) is 21.9. The average Bonchev–Trinajstić information content (AvgIpc) is 3.21. The lowest BCUT2D eigenvalue weighted by Crippen LogP contribution is -2.02. The van der Waals surface area contributed by atoms with Crippen LogP contribution in [0.1, 0.15) is 0 Å². The summed E-state index contributed by atoms with van der Waals surface area (Å²) in [5.41, 5.74) is 11.3. The second-order valence-corrected chi connectivity index (χ2v) is 8.69. The Morgan fingerprint density at radius 3 is 1.64 bits per heavy atom. The first-order valence-corrected chi connectivity index (χ1v) is 11.3. The fourth-order valence-corrected chi connectivity index (χ4v) is 5.57. The van der Waals surface area contributed by atoms with Gasteiger partial charge in [-0.2, -0.15) is 0 Å². The van der Waals surface area contributed by atoms with E-state index in [1.165, 1.54) is 60.4 Å². The van der Waals surface area contributed by atoms with E-state index in [0.717, 1.165) is 11.1 Å². The van der Waals surface area contributed by atoms with Gasteiger partial charge in [0.1, 0.15) is 7.85 Å². The Morgan fingerprint density at radius 2 is 1.06 bits per heavy atom. The van der Waals surface area contributed by atoms with Crippen LogP contribution in [0, 0.1) is 0 Å². The summed E-state index contributed by atoms with van der Waals surface area (Å²) in [7, 11) is 2.20. The Hall–Kier alpha value is -4.24. The van der Waals surface area contributed by atoms with E-state index in [1.54, 1.807) is 0 Å². The van der Waals surface area contributed by atoms with E-state index in [1.807, 2.05) is 36.9 Å². The Kier molecular flexibility index (Phi) is 3.83. The molecule has 0 bridgehead atoms. The lowest BCUT2D eigenvalue weighted by atomic mass is 9.83. The number of benzene rings is 4. The average molecular weight is 418 g/mol. The predicted octanol–water partition coefficient (Wildman–Crippen LogP) is 6.02. The van der Waals surface area contributed by atoms with Gasteiger partial charge in [0.25, 0.3) is 0 Å². The van der Waals surface area contributed by atoms with Crippen molar-refractivity contribution in [2.75, 3.05) is 0 Å². The molecule has 0 aliphatic heterocycles. The van der Waals surface area contributed by atoms with Crippen LogP contribution in [-0.2, 0) is 0 Å². The summed E-state index contributed by atoms with van der Waals surface area (Å²) < 4.78 is 0. The normalized spacial score (nSPS) is 11.8. The summed E-state index contributed by atoms with van der Waals surface area (Å²) in [4.78, 5) is 8.95. The summed E-state index contributed by atoms with van der Waals surface area (Å²) in [6.45, 7) is 0. The van der Waals surface area contributed by atoms with Gasteiger partial charge < -0.3 is 0 Å². The molecule has 33 heavy (non-hydrogen) atoms. The lowest BCUT2D eigenvalue weighted by Gasteiger charge is -2.20. The number of fused-ring (bicyclic) bond motifs is 4. The summed E-state index contributed by atoms with van der Waals surface area (Å²) in [5, 5.41) is 5.15. The minimum absolute atomic E-state index is 1.14. The van der Waals surface area contributed by atoms with Crippen molar-refractivity contribution in [1.82, 2.24) is 9.97 Å². The summed E-state index contributed by atoms with van der Waals surface area (Å²) >= 11 is 0. The Morgan fingerprint density at radius 1 is 0.485 bits per heavy atom. The van der Waals surface area contributed by atoms with Gasteiger partial charge in [-0.25, -0.2) is 0 Å². The second-order valence-electron chi connectivity index (χ2n) is 8.69. The lowest BCUT2D eigenvalue weighted by molar-refractivity contribution is 1.33. The van der Waals surface area contributed by atoms with Crippen molar-refractivity contribution >= 4 is 34.9 Å². The molecule has 2 heterocycles. The van der Waals surface area contributed by atoms with Crippen molar-refractivity contribution in [3.05, 3.63) is 104 Å². The van der Waals surface area contributed by atoms with Crippen LogP contribution in [0.5, 0.6) is 0 Å². The molecule has 3 heteroatoms.